The van der Waals surface area contributed by atoms with Crippen LogP contribution in [0.4, 0.5) is 0 Å². The van der Waals surface area contributed by atoms with Gasteiger partial charge in [0.25, 0.3) is 0 Å². The Morgan fingerprint density at radius 3 is 1.47 bits per heavy atom. The second-order valence-corrected chi connectivity index (χ2v) is 18.6. The van der Waals surface area contributed by atoms with Gasteiger partial charge in [-0.15, -0.1) is 0 Å². The van der Waals surface area contributed by atoms with Crippen LogP contribution in [0.5, 0.6) is 0 Å². The Balaban J connectivity index is 1.25. The highest BCUT2D eigenvalue weighted by atomic mass is 28.3. The molecule has 0 unspecified atom stereocenters. The van der Waals surface area contributed by atoms with Gasteiger partial charge >= 0.3 is 0 Å². The fourth-order valence-corrected chi connectivity index (χ4v) is 14.5. The van der Waals surface area contributed by atoms with Crippen LogP contribution in [0.2, 0.25) is 0 Å². The van der Waals surface area contributed by atoms with E-state index in [1.165, 1.54) is 75.5 Å². The van der Waals surface area contributed by atoms with Gasteiger partial charge in [0.05, 0.1) is 22.1 Å². The molecule has 0 radical (unpaired) electrons. The first-order valence-corrected chi connectivity index (χ1v) is 21.7. The van der Waals surface area contributed by atoms with E-state index in [9.17, 15) is 0 Å². The van der Waals surface area contributed by atoms with Crippen LogP contribution in [0.25, 0.3) is 66.1 Å². The molecule has 0 spiro atoms. The Labute approximate surface area is 333 Å². The summed E-state index contributed by atoms with van der Waals surface area (Å²) in [5, 5.41) is 10.5. The molecule has 268 valence electrons. The first kappa shape index (κ1) is 33.2. The molecule has 0 N–H and O–H groups in total. The lowest BCUT2D eigenvalue weighted by Crippen LogP contribution is -2.74. The molecule has 11 aromatic rings. The largest absolute Gasteiger partial charge is 0.309 e. The van der Waals surface area contributed by atoms with Crippen LogP contribution >= 0.6 is 0 Å². The fraction of sp³-hybridized carbons (Fsp3) is 0. The summed E-state index contributed by atoms with van der Waals surface area (Å²) >= 11 is 0. The van der Waals surface area contributed by atoms with Crippen LogP contribution in [0, 0.1) is 0 Å². The highest BCUT2D eigenvalue weighted by molar-refractivity contribution is 7.20. The van der Waals surface area contributed by atoms with Crippen LogP contribution in [0.15, 0.2) is 231 Å². The third-order valence-electron chi connectivity index (χ3n) is 11.8. The van der Waals surface area contributed by atoms with E-state index >= 15 is 0 Å². The maximum Gasteiger partial charge on any atom is 0.180 e. The van der Waals surface area contributed by atoms with Crippen molar-refractivity contribution in [1.82, 2.24) is 9.13 Å². The zero-order valence-corrected chi connectivity index (χ0v) is 32.3. The van der Waals surface area contributed by atoms with Gasteiger partial charge in [0.15, 0.2) is 8.07 Å². The summed E-state index contributed by atoms with van der Waals surface area (Å²) in [6.07, 6.45) is 0. The molecule has 9 aromatic carbocycles. The Kier molecular flexibility index (Phi) is 7.87. The predicted molar refractivity (Wildman–Crippen MR) is 244 cm³/mol. The van der Waals surface area contributed by atoms with E-state index in [0.29, 0.717) is 0 Å². The first-order valence-electron chi connectivity index (χ1n) is 19.7. The van der Waals surface area contributed by atoms with Crippen molar-refractivity contribution in [2.45, 2.75) is 0 Å². The van der Waals surface area contributed by atoms with Crippen LogP contribution < -0.4 is 20.7 Å². The molecule has 11 rings (SSSR count). The van der Waals surface area contributed by atoms with Gasteiger partial charge in [0.1, 0.15) is 0 Å². The molecule has 0 saturated carbocycles. The Hall–Kier alpha value is -7.20. The molecule has 0 aliphatic rings. The number of para-hydroxylation sites is 3. The van der Waals surface area contributed by atoms with Crippen molar-refractivity contribution < 1.29 is 0 Å². The molecule has 0 aliphatic heterocycles. The average molecular weight is 743 g/mol. The molecule has 0 aliphatic carbocycles. The van der Waals surface area contributed by atoms with Crippen LogP contribution in [-0.4, -0.2) is 17.2 Å². The van der Waals surface area contributed by atoms with Crippen molar-refractivity contribution in [3.63, 3.8) is 0 Å². The fourth-order valence-electron chi connectivity index (χ4n) is 9.47. The lowest BCUT2D eigenvalue weighted by atomic mass is 10.1. The molecule has 57 heavy (non-hydrogen) atoms. The molecule has 0 bridgehead atoms. The quantitative estimate of drug-likeness (QED) is 0.114. The normalized spacial score (nSPS) is 11.9. The van der Waals surface area contributed by atoms with Crippen molar-refractivity contribution >= 4 is 72.4 Å². The average Bonchev–Trinajstić information content (AvgIpc) is 3.81. The zero-order chi connectivity index (χ0) is 37.8. The number of rotatable bonds is 7. The third kappa shape index (κ3) is 5.17. The van der Waals surface area contributed by atoms with E-state index in [1.807, 2.05) is 0 Å². The Morgan fingerprint density at radius 1 is 0.281 bits per heavy atom. The summed E-state index contributed by atoms with van der Waals surface area (Å²) in [6, 6.07) is 85.3. The maximum atomic E-state index is 2.50. The summed E-state index contributed by atoms with van der Waals surface area (Å²) in [4.78, 5) is 0. The Morgan fingerprint density at radius 2 is 0.772 bits per heavy atom. The molecule has 2 nitrogen and oxygen atoms in total. The van der Waals surface area contributed by atoms with Crippen LogP contribution in [0.1, 0.15) is 0 Å². The molecule has 2 aromatic heterocycles. The number of hydrogen-bond acceptors (Lipinski definition) is 0. The first-order chi connectivity index (χ1) is 28.3. The second kappa shape index (κ2) is 13.5. The smallest absolute Gasteiger partial charge is 0.180 e. The van der Waals surface area contributed by atoms with Gasteiger partial charge in [-0.05, 0) is 74.3 Å². The molecule has 2 heterocycles. The highest BCUT2D eigenvalue weighted by Gasteiger charge is 2.43. The van der Waals surface area contributed by atoms with Gasteiger partial charge < -0.3 is 9.13 Å². The van der Waals surface area contributed by atoms with E-state index in [0.717, 1.165) is 11.4 Å². The second-order valence-electron chi connectivity index (χ2n) is 14.9. The van der Waals surface area contributed by atoms with Crippen molar-refractivity contribution in [2.24, 2.45) is 0 Å². The van der Waals surface area contributed by atoms with Gasteiger partial charge in [0.2, 0.25) is 0 Å². The summed E-state index contributed by atoms with van der Waals surface area (Å²) in [5.74, 6) is 0. The van der Waals surface area contributed by atoms with Crippen molar-refractivity contribution in [3.8, 4) is 22.5 Å². The van der Waals surface area contributed by atoms with E-state index < -0.39 is 8.07 Å². The van der Waals surface area contributed by atoms with Crippen molar-refractivity contribution in [3.05, 3.63) is 231 Å². The predicted octanol–water partition coefficient (Wildman–Crippen LogP) is 10.9. The molecule has 0 amide bonds. The molecule has 3 heteroatoms. The number of fused-ring (bicyclic) bond motifs is 6. The van der Waals surface area contributed by atoms with Crippen LogP contribution in [-0.2, 0) is 0 Å². The summed E-state index contributed by atoms with van der Waals surface area (Å²) in [5.41, 5.74) is 9.56. The van der Waals surface area contributed by atoms with Gasteiger partial charge in [-0.1, -0.05) is 188 Å². The SMILES string of the molecule is c1ccc(-c2cccc([Si](c3ccccc3)(c3ccccc3)c3cccc4c3c3ccccc3n4-c3ccc4c5ccccc5n(-c5ccccc5)c4c3)c2)cc1. The van der Waals surface area contributed by atoms with Crippen molar-refractivity contribution in [2.75, 3.05) is 0 Å². The minimum Gasteiger partial charge on any atom is -0.309 e. The van der Waals surface area contributed by atoms with E-state index in [2.05, 4.69) is 240 Å². The van der Waals surface area contributed by atoms with Gasteiger partial charge in [-0.2, -0.15) is 0 Å². The van der Waals surface area contributed by atoms with Crippen molar-refractivity contribution in [1.29, 1.82) is 0 Å². The lowest BCUT2D eigenvalue weighted by Gasteiger charge is -2.35. The lowest BCUT2D eigenvalue weighted by molar-refractivity contribution is 1.15. The summed E-state index contributed by atoms with van der Waals surface area (Å²) < 4.78 is 4.91. The molecule has 0 atom stereocenters. The number of nitrogens with zero attached hydrogens (tertiary/aromatic N) is 2. The van der Waals surface area contributed by atoms with E-state index in [4.69, 9.17) is 0 Å². The number of aromatic nitrogens is 2. The number of benzene rings is 9. The summed E-state index contributed by atoms with van der Waals surface area (Å²) in [6.45, 7) is 0. The standard InChI is InChI=1S/C54H38N2Si/c1-5-19-39(20-6-1)40-21-17-28-45(37-40)57(43-24-9-3-10-25-43,44-26-11-4-12-27-44)53-34-18-33-51-54(53)48-30-14-16-32-50(48)56(51)42-35-36-47-46-29-13-15-31-49(46)55(52(47)38-42)41-22-7-2-8-23-41/h1-38H. The maximum absolute atomic E-state index is 2.97. The minimum absolute atomic E-state index is 1.14. The molecular formula is C54H38N2Si. The Bertz CT molecular complexity index is 3180. The molecule has 0 fully saturated rings. The van der Waals surface area contributed by atoms with E-state index in [1.54, 1.807) is 0 Å². The minimum atomic E-state index is -2.97. The number of hydrogen-bond donors (Lipinski definition) is 0. The zero-order valence-electron chi connectivity index (χ0n) is 31.3. The molecule has 0 saturated heterocycles. The van der Waals surface area contributed by atoms with Gasteiger partial charge in [0, 0.05) is 32.9 Å². The summed E-state index contributed by atoms with van der Waals surface area (Å²) in [7, 11) is -2.97. The third-order valence-corrected chi connectivity index (χ3v) is 16.6. The monoisotopic (exact) mass is 742 g/mol. The van der Waals surface area contributed by atoms with Gasteiger partial charge in [-0.25, -0.2) is 0 Å². The highest BCUT2D eigenvalue weighted by Crippen LogP contribution is 2.37. The van der Waals surface area contributed by atoms with Crippen LogP contribution in [0.3, 0.4) is 0 Å². The topological polar surface area (TPSA) is 9.86 Å². The molecular weight excluding hydrogens is 705 g/mol. The van der Waals surface area contributed by atoms with E-state index in [-0.39, 0.29) is 0 Å². The van der Waals surface area contributed by atoms with Gasteiger partial charge in [-0.3, -0.25) is 0 Å².